The molecule has 0 saturated carbocycles. The van der Waals surface area contributed by atoms with Crippen LogP contribution in [0.15, 0.2) is 42.5 Å². The summed E-state index contributed by atoms with van der Waals surface area (Å²) in [5, 5.41) is 11.5. The van der Waals surface area contributed by atoms with Crippen LogP contribution in [-0.4, -0.2) is 24.9 Å². The number of nitriles is 1. The van der Waals surface area contributed by atoms with Crippen LogP contribution in [-0.2, 0) is 13.1 Å². The summed E-state index contributed by atoms with van der Waals surface area (Å²) in [4.78, 5) is 13.4. The molecule has 0 heterocycles. The minimum atomic E-state index is -0.314. The average Bonchev–Trinajstić information content (AvgIpc) is 2.56. The zero-order valence-corrected chi connectivity index (χ0v) is 13.1. The second kappa shape index (κ2) is 7.52. The maximum Gasteiger partial charge on any atom is 0.251 e. The van der Waals surface area contributed by atoms with E-state index in [0.29, 0.717) is 29.8 Å². The summed E-state index contributed by atoms with van der Waals surface area (Å²) >= 11 is 0. The number of hydrogen-bond donors (Lipinski definition) is 1. The zero-order chi connectivity index (χ0) is 16.8. The van der Waals surface area contributed by atoms with Crippen LogP contribution < -0.4 is 5.32 Å². The molecule has 2 rings (SSSR count). The summed E-state index contributed by atoms with van der Waals surface area (Å²) in [6.45, 7) is 1.02. The molecule has 5 heteroatoms. The Kier molecular flexibility index (Phi) is 5.45. The first-order valence-corrected chi connectivity index (χ1v) is 7.21. The molecule has 0 aliphatic carbocycles. The van der Waals surface area contributed by atoms with Crippen LogP contribution >= 0.6 is 0 Å². The van der Waals surface area contributed by atoms with Gasteiger partial charge in [0.25, 0.3) is 5.91 Å². The Bertz CT molecular complexity index is 735. The smallest absolute Gasteiger partial charge is 0.251 e. The zero-order valence-electron chi connectivity index (χ0n) is 13.1. The van der Waals surface area contributed by atoms with E-state index in [4.69, 9.17) is 5.26 Å². The SMILES string of the molecule is CNC(=O)c1ccc(CN(C)Cc2cc(C#N)ccc2F)cc1. The van der Waals surface area contributed by atoms with E-state index < -0.39 is 0 Å². The van der Waals surface area contributed by atoms with Gasteiger partial charge in [0.15, 0.2) is 0 Å². The average molecular weight is 311 g/mol. The molecule has 0 radical (unpaired) electrons. The van der Waals surface area contributed by atoms with E-state index in [1.54, 1.807) is 25.2 Å². The topological polar surface area (TPSA) is 56.1 Å². The Hall–Kier alpha value is -2.71. The molecule has 0 saturated heterocycles. The minimum absolute atomic E-state index is 0.125. The predicted molar refractivity (Wildman–Crippen MR) is 86.1 cm³/mol. The van der Waals surface area contributed by atoms with Gasteiger partial charge < -0.3 is 5.32 Å². The molecule has 0 aliphatic heterocycles. The first kappa shape index (κ1) is 16.7. The summed E-state index contributed by atoms with van der Waals surface area (Å²) in [7, 11) is 3.47. The maximum atomic E-state index is 13.8. The molecule has 118 valence electrons. The third-order valence-electron chi connectivity index (χ3n) is 3.51. The largest absolute Gasteiger partial charge is 0.355 e. The van der Waals surface area contributed by atoms with Crippen molar-refractivity contribution < 1.29 is 9.18 Å². The summed E-state index contributed by atoms with van der Waals surface area (Å²) in [6.07, 6.45) is 0. The fourth-order valence-electron chi connectivity index (χ4n) is 2.33. The Morgan fingerprint density at radius 2 is 1.91 bits per heavy atom. The van der Waals surface area contributed by atoms with Crippen LogP contribution in [0.3, 0.4) is 0 Å². The quantitative estimate of drug-likeness (QED) is 0.923. The van der Waals surface area contributed by atoms with Gasteiger partial charge in [-0.15, -0.1) is 0 Å². The van der Waals surface area contributed by atoms with Crippen molar-refractivity contribution in [1.29, 1.82) is 5.26 Å². The molecule has 0 fully saturated rings. The maximum absolute atomic E-state index is 13.8. The lowest BCUT2D eigenvalue weighted by Gasteiger charge is -2.17. The van der Waals surface area contributed by atoms with E-state index in [9.17, 15) is 9.18 Å². The standard InChI is InChI=1S/C18H18FN3O/c1-21-18(23)15-6-3-13(4-7-15)11-22(2)12-16-9-14(10-20)5-8-17(16)19/h3-9H,11-12H2,1-2H3,(H,21,23). The molecule has 2 aromatic rings. The molecular formula is C18H18FN3O. The van der Waals surface area contributed by atoms with E-state index in [-0.39, 0.29) is 11.7 Å². The first-order valence-electron chi connectivity index (χ1n) is 7.21. The lowest BCUT2D eigenvalue weighted by atomic mass is 10.1. The number of amides is 1. The van der Waals surface area contributed by atoms with Gasteiger partial charge in [0.05, 0.1) is 11.6 Å². The normalized spacial score (nSPS) is 10.4. The Balaban J connectivity index is 2.04. The van der Waals surface area contributed by atoms with E-state index >= 15 is 0 Å². The van der Waals surface area contributed by atoms with E-state index in [0.717, 1.165) is 5.56 Å². The van der Waals surface area contributed by atoms with Crippen LogP contribution in [0, 0.1) is 17.1 Å². The lowest BCUT2D eigenvalue weighted by Crippen LogP contribution is -2.19. The number of carbonyl (C=O) groups is 1. The number of nitrogens with one attached hydrogen (secondary N) is 1. The van der Waals surface area contributed by atoms with Gasteiger partial charge in [0, 0.05) is 31.3 Å². The van der Waals surface area contributed by atoms with E-state index in [1.807, 2.05) is 30.1 Å². The Labute approximate surface area is 135 Å². The number of nitrogens with zero attached hydrogens (tertiary/aromatic N) is 2. The predicted octanol–water partition coefficient (Wildman–Crippen LogP) is 2.69. The number of hydrogen-bond acceptors (Lipinski definition) is 3. The highest BCUT2D eigenvalue weighted by Crippen LogP contribution is 2.14. The molecular weight excluding hydrogens is 293 g/mol. The summed E-state index contributed by atoms with van der Waals surface area (Å²) in [6, 6.07) is 13.7. The molecule has 0 bridgehead atoms. The van der Waals surface area contributed by atoms with Crippen molar-refractivity contribution >= 4 is 5.91 Å². The summed E-state index contributed by atoms with van der Waals surface area (Å²) in [5.41, 5.74) is 2.57. The highest BCUT2D eigenvalue weighted by Gasteiger charge is 2.08. The highest BCUT2D eigenvalue weighted by atomic mass is 19.1. The third-order valence-corrected chi connectivity index (χ3v) is 3.51. The van der Waals surface area contributed by atoms with Crippen molar-refractivity contribution in [2.75, 3.05) is 14.1 Å². The van der Waals surface area contributed by atoms with Gasteiger partial charge in [0.2, 0.25) is 0 Å². The van der Waals surface area contributed by atoms with Crippen LogP contribution in [0.25, 0.3) is 0 Å². The van der Waals surface area contributed by atoms with Gasteiger partial charge in [-0.05, 0) is 42.9 Å². The highest BCUT2D eigenvalue weighted by molar-refractivity contribution is 5.93. The molecule has 1 N–H and O–H groups in total. The van der Waals surface area contributed by atoms with Crippen LogP contribution in [0.5, 0.6) is 0 Å². The van der Waals surface area contributed by atoms with E-state index in [2.05, 4.69) is 5.32 Å². The molecule has 23 heavy (non-hydrogen) atoms. The Morgan fingerprint density at radius 1 is 1.22 bits per heavy atom. The monoisotopic (exact) mass is 311 g/mol. The molecule has 0 aliphatic rings. The third kappa shape index (κ3) is 4.38. The molecule has 0 aromatic heterocycles. The molecule has 1 amide bonds. The second-order valence-corrected chi connectivity index (χ2v) is 5.37. The van der Waals surface area contributed by atoms with Gasteiger partial charge in [-0.1, -0.05) is 12.1 Å². The molecule has 0 unspecified atom stereocenters. The number of benzene rings is 2. The van der Waals surface area contributed by atoms with Gasteiger partial charge in [-0.3, -0.25) is 9.69 Å². The number of carbonyl (C=O) groups excluding carboxylic acids is 1. The molecule has 2 aromatic carbocycles. The molecule has 0 atom stereocenters. The van der Waals surface area contributed by atoms with Crippen molar-refractivity contribution in [2.24, 2.45) is 0 Å². The Morgan fingerprint density at radius 3 is 2.52 bits per heavy atom. The minimum Gasteiger partial charge on any atom is -0.355 e. The van der Waals surface area contributed by atoms with Crippen LogP contribution in [0.4, 0.5) is 4.39 Å². The van der Waals surface area contributed by atoms with Gasteiger partial charge in [0.1, 0.15) is 5.82 Å². The number of rotatable bonds is 5. The van der Waals surface area contributed by atoms with Crippen molar-refractivity contribution in [1.82, 2.24) is 10.2 Å². The van der Waals surface area contributed by atoms with Gasteiger partial charge >= 0.3 is 0 Å². The van der Waals surface area contributed by atoms with Crippen molar-refractivity contribution in [2.45, 2.75) is 13.1 Å². The van der Waals surface area contributed by atoms with Gasteiger partial charge in [-0.2, -0.15) is 5.26 Å². The van der Waals surface area contributed by atoms with Gasteiger partial charge in [-0.25, -0.2) is 4.39 Å². The lowest BCUT2D eigenvalue weighted by molar-refractivity contribution is 0.0963. The van der Waals surface area contributed by atoms with Crippen LogP contribution in [0.1, 0.15) is 27.0 Å². The van der Waals surface area contributed by atoms with Crippen molar-refractivity contribution in [3.8, 4) is 6.07 Å². The fraction of sp³-hybridized carbons (Fsp3) is 0.222. The van der Waals surface area contributed by atoms with E-state index in [1.165, 1.54) is 12.1 Å². The second-order valence-electron chi connectivity index (χ2n) is 5.37. The first-order chi connectivity index (χ1) is 11.0. The van der Waals surface area contributed by atoms with Crippen molar-refractivity contribution in [3.05, 3.63) is 70.5 Å². The fourth-order valence-corrected chi connectivity index (χ4v) is 2.33. The molecule has 0 spiro atoms. The van der Waals surface area contributed by atoms with Crippen molar-refractivity contribution in [3.63, 3.8) is 0 Å². The molecule has 4 nitrogen and oxygen atoms in total. The summed E-state index contributed by atoms with van der Waals surface area (Å²) in [5.74, 6) is -0.439. The number of halogens is 1. The van der Waals surface area contributed by atoms with Crippen LogP contribution in [0.2, 0.25) is 0 Å². The summed E-state index contributed by atoms with van der Waals surface area (Å²) < 4.78 is 13.8.